The van der Waals surface area contributed by atoms with E-state index in [-0.39, 0.29) is 34.0 Å². The Kier molecular flexibility index (Phi) is 6.24. The fourth-order valence-corrected chi connectivity index (χ4v) is 5.44. The lowest BCUT2D eigenvalue weighted by atomic mass is 10.1. The maximum Gasteiger partial charge on any atom is 0.238 e. The van der Waals surface area contributed by atoms with E-state index in [1.54, 1.807) is 72.7 Å². The molecule has 0 radical (unpaired) electrons. The van der Waals surface area contributed by atoms with Gasteiger partial charge in [-0.1, -0.05) is 12.1 Å². The zero-order valence-corrected chi connectivity index (χ0v) is 20.6. The van der Waals surface area contributed by atoms with Crippen molar-refractivity contribution in [2.75, 3.05) is 32.0 Å². The predicted molar refractivity (Wildman–Crippen MR) is 138 cm³/mol. The van der Waals surface area contributed by atoms with Crippen molar-refractivity contribution in [3.8, 4) is 34.3 Å². The van der Waals surface area contributed by atoms with Crippen LogP contribution in [-0.4, -0.2) is 38.1 Å². The minimum Gasteiger partial charge on any atom is -0.508 e. The molecule has 1 aliphatic heterocycles. The molecule has 0 saturated carbocycles. The second kappa shape index (κ2) is 9.50. The summed E-state index contributed by atoms with van der Waals surface area (Å²) in [6.07, 6.45) is 0. The van der Waals surface area contributed by atoms with Gasteiger partial charge in [0.05, 0.1) is 32.5 Å². The first-order chi connectivity index (χ1) is 17.4. The number of ether oxygens (including phenoxy) is 3. The van der Waals surface area contributed by atoms with Crippen molar-refractivity contribution >= 4 is 34.3 Å². The molecular weight excluding hydrogens is 482 g/mol. The Hall–Kier alpha value is -4.11. The van der Waals surface area contributed by atoms with Crippen LogP contribution in [0.3, 0.4) is 0 Å². The van der Waals surface area contributed by atoms with Gasteiger partial charge in [-0.2, -0.15) is 0 Å². The minimum atomic E-state index is -0.356. The molecule has 3 aromatic carbocycles. The standard InChI is InChI=1S/C27H23NO7S/c1-32-21-10-6-16(12-22(21)33-2)25-26(34-3)24(31)19-13-17(7-11-20(19)35-25)28-23(30)14-36-27(28)15-4-8-18(29)9-5-15/h4-13,27,29H,14H2,1-3H3. The van der Waals surface area contributed by atoms with Crippen LogP contribution in [0.25, 0.3) is 22.3 Å². The monoisotopic (exact) mass is 505 g/mol. The number of benzene rings is 3. The molecule has 1 unspecified atom stereocenters. The highest BCUT2D eigenvalue weighted by molar-refractivity contribution is 8.00. The predicted octanol–water partition coefficient (Wildman–Crippen LogP) is 4.97. The van der Waals surface area contributed by atoms with Crippen molar-refractivity contribution in [1.82, 2.24) is 0 Å². The Bertz CT molecular complexity index is 1510. The fourth-order valence-electron chi connectivity index (χ4n) is 4.26. The van der Waals surface area contributed by atoms with Gasteiger partial charge in [-0.25, -0.2) is 0 Å². The van der Waals surface area contributed by atoms with E-state index in [9.17, 15) is 14.7 Å². The number of anilines is 1. The number of carbonyl (C=O) groups excluding carboxylic acids is 1. The minimum absolute atomic E-state index is 0.0454. The van der Waals surface area contributed by atoms with E-state index in [2.05, 4.69) is 0 Å². The average Bonchev–Trinajstić information content (AvgIpc) is 3.29. The van der Waals surface area contributed by atoms with Crippen molar-refractivity contribution in [2.24, 2.45) is 0 Å². The smallest absolute Gasteiger partial charge is 0.238 e. The Morgan fingerprint density at radius 1 is 0.917 bits per heavy atom. The molecule has 0 bridgehead atoms. The molecule has 9 heteroatoms. The highest BCUT2D eigenvalue weighted by Gasteiger charge is 2.34. The Labute approximate surface area is 211 Å². The van der Waals surface area contributed by atoms with Gasteiger partial charge in [0.2, 0.25) is 17.1 Å². The van der Waals surface area contributed by atoms with E-state index in [0.29, 0.717) is 39.5 Å². The molecular formula is C27H23NO7S. The van der Waals surface area contributed by atoms with Gasteiger partial charge in [0, 0.05) is 11.3 Å². The van der Waals surface area contributed by atoms with Gasteiger partial charge in [0.15, 0.2) is 17.3 Å². The van der Waals surface area contributed by atoms with Crippen LogP contribution in [-0.2, 0) is 4.79 Å². The van der Waals surface area contributed by atoms with E-state index in [1.165, 1.54) is 26.0 Å². The summed E-state index contributed by atoms with van der Waals surface area (Å²) in [4.78, 5) is 28.0. The molecule has 0 aliphatic carbocycles. The van der Waals surface area contributed by atoms with Gasteiger partial charge < -0.3 is 23.7 Å². The number of phenols is 1. The van der Waals surface area contributed by atoms with Crippen molar-refractivity contribution < 1.29 is 28.5 Å². The molecule has 1 fully saturated rings. The first-order valence-corrected chi connectivity index (χ1v) is 12.1. The number of amides is 1. The van der Waals surface area contributed by atoms with Crippen molar-refractivity contribution in [1.29, 1.82) is 0 Å². The molecule has 1 aromatic heterocycles. The van der Waals surface area contributed by atoms with Crippen molar-refractivity contribution in [2.45, 2.75) is 5.37 Å². The summed E-state index contributed by atoms with van der Waals surface area (Å²) in [6, 6.07) is 17.0. The lowest BCUT2D eigenvalue weighted by molar-refractivity contribution is -0.115. The number of fused-ring (bicyclic) bond motifs is 1. The van der Waals surface area contributed by atoms with Crippen LogP contribution in [0.15, 0.2) is 69.9 Å². The molecule has 1 atom stereocenters. The quantitative estimate of drug-likeness (QED) is 0.392. The van der Waals surface area contributed by atoms with Gasteiger partial charge in [0.25, 0.3) is 0 Å². The highest BCUT2D eigenvalue weighted by Crippen LogP contribution is 2.43. The molecule has 5 rings (SSSR count). The summed E-state index contributed by atoms with van der Waals surface area (Å²) >= 11 is 1.48. The molecule has 184 valence electrons. The van der Waals surface area contributed by atoms with Gasteiger partial charge in [-0.05, 0) is 54.1 Å². The number of nitrogens with zero attached hydrogens (tertiary/aromatic N) is 1. The molecule has 2 heterocycles. The maximum absolute atomic E-state index is 13.5. The SMILES string of the molecule is COc1ccc(-c2oc3ccc(N4C(=O)CSC4c4ccc(O)cc4)cc3c(=O)c2OC)cc1OC. The van der Waals surface area contributed by atoms with Crippen LogP contribution in [0.1, 0.15) is 10.9 Å². The third-order valence-corrected chi connectivity index (χ3v) is 7.22. The second-order valence-corrected chi connectivity index (χ2v) is 9.13. The maximum atomic E-state index is 13.5. The number of hydrogen-bond donors (Lipinski definition) is 1. The number of phenolic OH excluding ortho intramolecular Hbond substituents is 1. The van der Waals surface area contributed by atoms with Crippen LogP contribution >= 0.6 is 11.8 Å². The van der Waals surface area contributed by atoms with Crippen molar-refractivity contribution in [3.05, 3.63) is 76.5 Å². The molecule has 36 heavy (non-hydrogen) atoms. The van der Waals surface area contributed by atoms with Crippen LogP contribution in [0, 0.1) is 0 Å². The average molecular weight is 506 g/mol. The fraction of sp³-hybridized carbons (Fsp3) is 0.185. The van der Waals surface area contributed by atoms with Gasteiger partial charge in [0.1, 0.15) is 16.7 Å². The third-order valence-electron chi connectivity index (χ3n) is 6.01. The summed E-state index contributed by atoms with van der Waals surface area (Å²) in [6.45, 7) is 0. The lowest BCUT2D eigenvalue weighted by Crippen LogP contribution is -2.27. The van der Waals surface area contributed by atoms with E-state index < -0.39 is 0 Å². The van der Waals surface area contributed by atoms with Gasteiger partial charge in [-0.15, -0.1) is 11.8 Å². The number of thioether (sulfide) groups is 1. The number of hydrogen-bond acceptors (Lipinski definition) is 8. The van der Waals surface area contributed by atoms with E-state index >= 15 is 0 Å². The Morgan fingerprint density at radius 3 is 2.36 bits per heavy atom. The second-order valence-electron chi connectivity index (χ2n) is 8.06. The zero-order chi connectivity index (χ0) is 25.4. The topological polar surface area (TPSA) is 98.4 Å². The Balaban J connectivity index is 1.61. The van der Waals surface area contributed by atoms with E-state index in [1.807, 2.05) is 0 Å². The number of aromatic hydroxyl groups is 1. The summed E-state index contributed by atoms with van der Waals surface area (Å²) in [7, 11) is 4.48. The molecule has 0 spiro atoms. The zero-order valence-electron chi connectivity index (χ0n) is 19.8. The number of rotatable bonds is 6. The normalized spacial score (nSPS) is 15.4. The summed E-state index contributed by atoms with van der Waals surface area (Å²) in [5.41, 5.74) is 2.03. The first-order valence-electron chi connectivity index (χ1n) is 11.0. The third kappa shape index (κ3) is 4.01. The molecule has 4 aromatic rings. The molecule has 8 nitrogen and oxygen atoms in total. The van der Waals surface area contributed by atoms with Crippen LogP contribution < -0.4 is 24.5 Å². The summed E-state index contributed by atoms with van der Waals surface area (Å²) < 4.78 is 22.3. The molecule has 1 saturated heterocycles. The van der Waals surface area contributed by atoms with Crippen LogP contribution in [0.5, 0.6) is 23.0 Å². The van der Waals surface area contributed by atoms with Crippen LogP contribution in [0.2, 0.25) is 0 Å². The molecule has 1 aliphatic rings. The summed E-state index contributed by atoms with van der Waals surface area (Å²) in [5, 5.41) is 9.65. The molecule has 1 amide bonds. The largest absolute Gasteiger partial charge is 0.508 e. The number of carbonyl (C=O) groups is 1. The lowest BCUT2D eigenvalue weighted by Gasteiger charge is -2.24. The Morgan fingerprint density at radius 2 is 1.67 bits per heavy atom. The highest BCUT2D eigenvalue weighted by atomic mass is 32.2. The molecule has 1 N–H and O–H groups in total. The van der Waals surface area contributed by atoms with Crippen molar-refractivity contribution in [3.63, 3.8) is 0 Å². The summed E-state index contributed by atoms with van der Waals surface area (Å²) in [5.74, 6) is 1.73. The number of methoxy groups -OCH3 is 3. The first kappa shape index (κ1) is 23.6. The van der Waals surface area contributed by atoms with E-state index in [4.69, 9.17) is 18.6 Å². The van der Waals surface area contributed by atoms with E-state index in [0.717, 1.165) is 5.56 Å². The van der Waals surface area contributed by atoms with Gasteiger partial charge in [-0.3, -0.25) is 14.5 Å². The van der Waals surface area contributed by atoms with Crippen LogP contribution in [0.4, 0.5) is 5.69 Å². The van der Waals surface area contributed by atoms with Gasteiger partial charge >= 0.3 is 0 Å².